The Morgan fingerprint density at radius 1 is 1.21 bits per heavy atom. The zero-order chi connectivity index (χ0) is 19.7. The fourth-order valence-electron chi connectivity index (χ4n) is 2.80. The number of hydrogen-bond acceptors (Lipinski definition) is 7. The fraction of sp³-hybridized carbons (Fsp3) is 0.158. The number of fused-ring (bicyclic) bond motifs is 1. The molecular weight excluding hydrogens is 398 g/mol. The number of nitrogens with zero attached hydrogens (tertiary/aromatic N) is 2. The van der Waals surface area contributed by atoms with Crippen LogP contribution in [0.1, 0.15) is 17.4 Å². The van der Waals surface area contributed by atoms with Gasteiger partial charge in [-0.2, -0.15) is 0 Å². The lowest BCUT2D eigenvalue weighted by atomic mass is 10.1. The maximum Gasteiger partial charge on any atom is 0.358 e. The molecule has 28 heavy (non-hydrogen) atoms. The highest BCUT2D eigenvalue weighted by Gasteiger charge is 2.31. The summed E-state index contributed by atoms with van der Waals surface area (Å²) in [7, 11) is 0. The van der Waals surface area contributed by atoms with Gasteiger partial charge in [0.05, 0.1) is 16.3 Å². The van der Waals surface area contributed by atoms with Crippen LogP contribution in [0.4, 0.5) is 11.4 Å². The molecule has 0 saturated carbocycles. The number of benzene rings is 1. The predicted molar refractivity (Wildman–Crippen MR) is 108 cm³/mol. The lowest BCUT2D eigenvalue weighted by molar-refractivity contribution is -0.128. The Kier molecular flexibility index (Phi) is 4.93. The van der Waals surface area contributed by atoms with E-state index in [9.17, 15) is 14.4 Å². The molecule has 0 bridgehead atoms. The van der Waals surface area contributed by atoms with E-state index < -0.39 is 18.0 Å². The second-order valence-corrected chi connectivity index (χ2v) is 7.86. The zero-order valence-corrected chi connectivity index (χ0v) is 16.4. The van der Waals surface area contributed by atoms with Crippen LogP contribution < -0.4 is 10.2 Å². The summed E-state index contributed by atoms with van der Waals surface area (Å²) < 4.78 is 5.32. The van der Waals surface area contributed by atoms with E-state index in [0.717, 1.165) is 9.88 Å². The molecule has 0 radical (unpaired) electrons. The van der Waals surface area contributed by atoms with E-state index in [4.69, 9.17) is 4.74 Å². The summed E-state index contributed by atoms with van der Waals surface area (Å²) in [5.74, 6) is -1.44. The third-order valence-corrected chi connectivity index (χ3v) is 5.99. The van der Waals surface area contributed by atoms with E-state index in [2.05, 4.69) is 10.3 Å². The minimum absolute atomic E-state index is 0.128. The van der Waals surface area contributed by atoms with Gasteiger partial charge in [0.15, 0.2) is 11.8 Å². The lowest BCUT2D eigenvalue weighted by Gasteiger charge is -2.30. The number of carbonyl (C=O) groups excluding carboxylic acids is 3. The number of thiophene rings is 1. The minimum atomic E-state index is -1.06. The first-order valence-electron chi connectivity index (χ1n) is 8.43. The van der Waals surface area contributed by atoms with Crippen molar-refractivity contribution in [1.29, 1.82) is 0 Å². The molecule has 1 aliphatic heterocycles. The van der Waals surface area contributed by atoms with Crippen LogP contribution in [-0.2, 0) is 14.3 Å². The number of hydrogen-bond donors (Lipinski definition) is 1. The number of anilines is 2. The standard InChI is InChI=1S/C19H15N3O4S2/c1-11(18(24)22-9-16(23)20-12-5-2-3-6-14(12)22)26-19(25)13-10-28-17(21-13)15-7-4-8-27-15/h2-8,10-11H,9H2,1H3,(H,20,23)/t11-/m0/s1. The molecule has 1 aliphatic rings. The number of rotatable bonds is 4. The quantitative estimate of drug-likeness (QED) is 0.662. The van der Waals surface area contributed by atoms with Gasteiger partial charge in [-0.1, -0.05) is 18.2 Å². The van der Waals surface area contributed by atoms with Crippen molar-refractivity contribution in [2.75, 3.05) is 16.8 Å². The van der Waals surface area contributed by atoms with Crippen LogP contribution in [0.25, 0.3) is 9.88 Å². The monoisotopic (exact) mass is 413 g/mol. The summed E-state index contributed by atoms with van der Waals surface area (Å²) in [6.07, 6.45) is -1.06. The van der Waals surface area contributed by atoms with E-state index in [1.807, 2.05) is 17.5 Å². The van der Waals surface area contributed by atoms with Crippen LogP contribution in [0.15, 0.2) is 47.2 Å². The van der Waals surface area contributed by atoms with Gasteiger partial charge in [0.1, 0.15) is 11.6 Å². The molecule has 2 aromatic heterocycles. The second-order valence-electron chi connectivity index (χ2n) is 6.05. The number of amides is 2. The van der Waals surface area contributed by atoms with Gasteiger partial charge in [-0.25, -0.2) is 9.78 Å². The lowest BCUT2D eigenvalue weighted by Crippen LogP contribution is -2.47. The molecule has 0 fully saturated rings. The predicted octanol–water partition coefficient (Wildman–Crippen LogP) is 3.40. The zero-order valence-electron chi connectivity index (χ0n) is 14.7. The number of aromatic nitrogens is 1. The summed E-state index contributed by atoms with van der Waals surface area (Å²) in [6, 6.07) is 10.8. The Morgan fingerprint density at radius 3 is 2.82 bits per heavy atom. The maximum absolute atomic E-state index is 12.8. The van der Waals surface area contributed by atoms with Crippen LogP contribution in [0.5, 0.6) is 0 Å². The Hall–Kier alpha value is -3.04. The first kappa shape index (κ1) is 18.3. The number of para-hydroxylation sites is 2. The van der Waals surface area contributed by atoms with Crippen molar-refractivity contribution >= 4 is 51.8 Å². The Labute approximate surface area is 168 Å². The molecule has 1 aromatic carbocycles. The van der Waals surface area contributed by atoms with Crippen LogP contribution in [-0.4, -0.2) is 35.4 Å². The second kappa shape index (κ2) is 7.53. The molecule has 0 aliphatic carbocycles. The van der Waals surface area contributed by atoms with Gasteiger partial charge < -0.3 is 10.1 Å². The third kappa shape index (κ3) is 3.54. The minimum Gasteiger partial charge on any atom is -0.448 e. The molecule has 3 aromatic rings. The largest absolute Gasteiger partial charge is 0.448 e. The fourth-order valence-corrected chi connectivity index (χ4v) is 4.41. The molecule has 0 spiro atoms. The summed E-state index contributed by atoms with van der Waals surface area (Å²) in [6.45, 7) is 1.36. The summed E-state index contributed by atoms with van der Waals surface area (Å²) in [4.78, 5) is 43.7. The first-order valence-corrected chi connectivity index (χ1v) is 10.2. The van der Waals surface area contributed by atoms with Crippen molar-refractivity contribution in [2.24, 2.45) is 0 Å². The molecule has 7 nitrogen and oxygen atoms in total. The van der Waals surface area contributed by atoms with Crippen molar-refractivity contribution in [1.82, 2.24) is 4.98 Å². The highest BCUT2D eigenvalue weighted by molar-refractivity contribution is 7.20. The Morgan fingerprint density at radius 2 is 2.04 bits per heavy atom. The Balaban J connectivity index is 1.48. The number of ether oxygens (including phenoxy) is 1. The number of thiazole rings is 1. The number of esters is 1. The average molecular weight is 413 g/mol. The van der Waals surface area contributed by atoms with Gasteiger partial charge in [0.25, 0.3) is 5.91 Å². The van der Waals surface area contributed by atoms with Crippen molar-refractivity contribution in [3.05, 3.63) is 52.9 Å². The highest BCUT2D eigenvalue weighted by Crippen LogP contribution is 2.30. The van der Waals surface area contributed by atoms with Crippen molar-refractivity contribution in [3.63, 3.8) is 0 Å². The number of carbonyl (C=O) groups is 3. The first-order chi connectivity index (χ1) is 13.5. The highest BCUT2D eigenvalue weighted by atomic mass is 32.1. The van der Waals surface area contributed by atoms with E-state index in [0.29, 0.717) is 11.4 Å². The van der Waals surface area contributed by atoms with Gasteiger partial charge >= 0.3 is 5.97 Å². The molecule has 3 heterocycles. The summed E-state index contributed by atoms with van der Waals surface area (Å²) >= 11 is 2.87. The van der Waals surface area contributed by atoms with E-state index in [1.165, 1.54) is 34.5 Å². The van der Waals surface area contributed by atoms with Crippen LogP contribution in [0.2, 0.25) is 0 Å². The maximum atomic E-state index is 12.8. The van der Waals surface area contributed by atoms with Gasteiger partial charge in [-0.15, -0.1) is 22.7 Å². The molecule has 1 atom stereocenters. The van der Waals surface area contributed by atoms with Crippen molar-refractivity contribution in [2.45, 2.75) is 13.0 Å². The van der Waals surface area contributed by atoms with Gasteiger partial charge in [0.2, 0.25) is 5.91 Å². The normalized spacial score (nSPS) is 14.2. The molecular formula is C19H15N3O4S2. The molecule has 0 saturated heterocycles. The molecule has 142 valence electrons. The Bertz CT molecular complexity index is 1050. The molecule has 9 heteroatoms. The van der Waals surface area contributed by atoms with Crippen molar-refractivity contribution in [3.8, 4) is 9.88 Å². The van der Waals surface area contributed by atoms with Gasteiger partial charge in [0, 0.05) is 5.38 Å². The number of nitrogens with one attached hydrogen (secondary N) is 1. The molecule has 0 unspecified atom stereocenters. The van der Waals surface area contributed by atoms with Gasteiger partial charge in [-0.3, -0.25) is 14.5 Å². The SMILES string of the molecule is C[C@H](OC(=O)c1csc(-c2cccs2)n1)C(=O)N1CC(=O)Nc2ccccc21. The molecule has 1 N–H and O–H groups in total. The molecule has 4 rings (SSSR count). The van der Waals surface area contributed by atoms with Crippen LogP contribution in [0.3, 0.4) is 0 Å². The van der Waals surface area contributed by atoms with Gasteiger partial charge in [-0.05, 0) is 30.5 Å². The smallest absolute Gasteiger partial charge is 0.358 e. The third-order valence-electron chi connectivity index (χ3n) is 4.11. The molecule has 2 amide bonds. The van der Waals surface area contributed by atoms with E-state index in [-0.39, 0.29) is 18.1 Å². The van der Waals surface area contributed by atoms with E-state index in [1.54, 1.807) is 29.6 Å². The summed E-state index contributed by atoms with van der Waals surface area (Å²) in [5.41, 5.74) is 1.28. The van der Waals surface area contributed by atoms with Crippen LogP contribution >= 0.6 is 22.7 Å². The van der Waals surface area contributed by atoms with E-state index >= 15 is 0 Å². The van der Waals surface area contributed by atoms with Crippen LogP contribution in [0, 0.1) is 0 Å². The summed E-state index contributed by atoms with van der Waals surface area (Å²) in [5, 5.41) is 6.98. The average Bonchev–Trinajstić information content (AvgIpc) is 3.38. The topological polar surface area (TPSA) is 88.6 Å². The van der Waals surface area contributed by atoms with Crippen molar-refractivity contribution < 1.29 is 19.1 Å².